The molecular weight excluding hydrogens is 220 g/mol. The van der Waals surface area contributed by atoms with E-state index in [-0.39, 0.29) is 0 Å². The summed E-state index contributed by atoms with van der Waals surface area (Å²) in [5, 5.41) is 3.39. The van der Waals surface area contributed by atoms with Gasteiger partial charge in [-0.1, -0.05) is 36.5 Å². The summed E-state index contributed by atoms with van der Waals surface area (Å²) in [6.45, 7) is 5.54. The fraction of sp³-hybridized carbons (Fsp3) is 0.500. The molecule has 0 atom stereocenters. The summed E-state index contributed by atoms with van der Waals surface area (Å²) in [4.78, 5) is 2.54. The van der Waals surface area contributed by atoms with Gasteiger partial charge in [0, 0.05) is 18.7 Å². The highest BCUT2D eigenvalue weighted by Gasteiger charge is 2.08. The van der Waals surface area contributed by atoms with Gasteiger partial charge < -0.3 is 10.2 Å². The second kappa shape index (κ2) is 7.92. The highest BCUT2D eigenvalue weighted by molar-refractivity contribution is 5.33. The first kappa shape index (κ1) is 13.1. The van der Waals surface area contributed by atoms with Crippen molar-refractivity contribution in [3.63, 3.8) is 0 Å². The summed E-state index contributed by atoms with van der Waals surface area (Å²) in [6.07, 6.45) is 4.15. The minimum atomic E-state index is 0.780. The third-order valence-corrected chi connectivity index (χ3v) is 3.27. The maximum absolute atomic E-state index is 3.39. The number of likely N-dealkylation sites (tertiary alicyclic amines) is 1. The molecule has 2 rings (SSSR count). The summed E-state index contributed by atoms with van der Waals surface area (Å²) in [7, 11) is 0. The fourth-order valence-electron chi connectivity index (χ4n) is 2.24. The molecule has 1 N–H and O–H groups in total. The first-order valence-corrected chi connectivity index (χ1v) is 6.92. The molecule has 0 aliphatic carbocycles. The van der Waals surface area contributed by atoms with Crippen molar-refractivity contribution in [2.45, 2.75) is 19.3 Å². The average Bonchev–Trinajstić information content (AvgIpc) is 2.45. The lowest BCUT2D eigenvalue weighted by molar-refractivity contribution is 0.230. The number of benzene rings is 1. The number of hydrogen-bond acceptors (Lipinski definition) is 2. The van der Waals surface area contributed by atoms with Crippen molar-refractivity contribution in [1.82, 2.24) is 10.2 Å². The van der Waals surface area contributed by atoms with Gasteiger partial charge in [0.25, 0.3) is 0 Å². The zero-order valence-corrected chi connectivity index (χ0v) is 11.0. The summed E-state index contributed by atoms with van der Waals surface area (Å²) in [5.74, 6) is 6.32. The Hall–Kier alpha value is -1.30. The Balaban J connectivity index is 1.57. The van der Waals surface area contributed by atoms with E-state index in [4.69, 9.17) is 0 Å². The van der Waals surface area contributed by atoms with Gasteiger partial charge in [0.15, 0.2) is 0 Å². The summed E-state index contributed by atoms with van der Waals surface area (Å²) >= 11 is 0. The van der Waals surface area contributed by atoms with Crippen molar-refractivity contribution in [3.8, 4) is 11.8 Å². The van der Waals surface area contributed by atoms with Gasteiger partial charge in [-0.05, 0) is 38.1 Å². The zero-order valence-electron chi connectivity index (χ0n) is 11.0. The molecule has 18 heavy (non-hydrogen) atoms. The van der Waals surface area contributed by atoms with Crippen LogP contribution in [0.2, 0.25) is 0 Å². The third kappa shape index (κ3) is 4.91. The smallest absolute Gasteiger partial charge is 0.0580 e. The van der Waals surface area contributed by atoms with Crippen LogP contribution >= 0.6 is 0 Å². The quantitative estimate of drug-likeness (QED) is 0.642. The fourth-order valence-corrected chi connectivity index (χ4v) is 2.24. The van der Waals surface area contributed by atoms with Crippen LogP contribution in [0.1, 0.15) is 24.8 Å². The van der Waals surface area contributed by atoms with Gasteiger partial charge >= 0.3 is 0 Å². The van der Waals surface area contributed by atoms with Gasteiger partial charge in [0.05, 0.1) is 6.54 Å². The van der Waals surface area contributed by atoms with Gasteiger partial charge in [-0.2, -0.15) is 0 Å². The molecule has 1 saturated heterocycles. The van der Waals surface area contributed by atoms with E-state index < -0.39 is 0 Å². The molecular formula is C16H22N2. The van der Waals surface area contributed by atoms with Gasteiger partial charge in [-0.25, -0.2) is 0 Å². The van der Waals surface area contributed by atoms with Crippen LogP contribution in [-0.2, 0) is 0 Å². The van der Waals surface area contributed by atoms with E-state index in [0.717, 1.165) is 25.2 Å². The molecule has 0 radical (unpaired) electrons. The third-order valence-electron chi connectivity index (χ3n) is 3.27. The van der Waals surface area contributed by atoms with E-state index in [1.54, 1.807) is 0 Å². The van der Waals surface area contributed by atoms with Crippen molar-refractivity contribution < 1.29 is 0 Å². The first-order valence-electron chi connectivity index (χ1n) is 6.92. The Morgan fingerprint density at radius 1 is 1.06 bits per heavy atom. The van der Waals surface area contributed by atoms with Crippen molar-refractivity contribution in [2.75, 3.05) is 32.7 Å². The van der Waals surface area contributed by atoms with E-state index in [9.17, 15) is 0 Å². The molecule has 1 aliphatic heterocycles. The van der Waals surface area contributed by atoms with Crippen LogP contribution in [0, 0.1) is 11.8 Å². The molecule has 0 bridgehead atoms. The van der Waals surface area contributed by atoms with Crippen LogP contribution in [0.15, 0.2) is 30.3 Å². The molecule has 1 heterocycles. The average molecular weight is 242 g/mol. The van der Waals surface area contributed by atoms with Gasteiger partial charge in [-0.3, -0.25) is 0 Å². The molecule has 1 aromatic carbocycles. The highest BCUT2D eigenvalue weighted by Crippen LogP contribution is 2.07. The molecule has 1 aromatic rings. The van der Waals surface area contributed by atoms with Crippen LogP contribution in [0.5, 0.6) is 0 Å². The lowest BCUT2D eigenvalue weighted by Crippen LogP contribution is -2.35. The van der Waals surface area contributed by atoms with Crippen LogP contribution in [0.25, 0.3) is 0 Å². The lowest BCUT2D eigenvalue weighted by atomic mass is 10.1. The largest absolute Gasteiger partial charge is 0.305 e. The predicted octanol–water partition coefficient (Wildman–Crippen LogP) is 2.11. The number of hydrogen-bond donors (Lipinski definition) is 1. The van der Waals surface area contributed by atoms with E-state index in [1.165, 1.54) is 32.4 Å². The Morgan fingerprint density at radius 2 is 1.83 bits per heavy atom. The van der Waals surface area contributed by atoms with Crippen LogP contribution in [-0.4, -0.2) is 37.6 Å². The van der Waals surface area contributed by atoms with E-state index in [1.807, 2.05) is 30.3 Å². The number of nitrogens with one attached hydrogen (secondary N) is 1. The van der Waals surface area contributed by atoms with Crippen LogP contribution < -0.4 is 5.32 Å². The molecule has 96 valence electrons. The Kier molecular flexibility index (Phi) is 5.78. The first-order chi connectivity index (χ1) is 8.95. The SMILES string of the molecule is C(#Cc1ccccc1)CNCCN1CCCCC1. The molecule has 0 aromatic heterocycles. The van der Waals surface area contributed by atoms with Crippen LogP contribution in [0.3, 0.4) is 0 Å². The van der Waals surface area contributed by atoms with E-state index in [2.05, 4.69) is 22.1 Å². The summed E-state index contributed by atoms with van der Waals surface area (Å²) < 4.78 is 0. The van der Waals surface area contributed by atoms with E-state index in [0.29, 0.717) is 0 Å². The maximum Gasteiger partial charge on any atom is 0.0580 e. The molecule has 1 fully saturated rings. The van der Waals surface area contributed by atoms with Crippen molar-refractivity contribution in [2.24, 2.45) is 0 Å². The molecule has 0 unspecified atom stereocenters. The van der Waals surface area contributed by atoms with Crippen molar-refractivity contribution in [1.29, 1.82) is 0 Å². The lowest BCUT2D eigenvalue weighted by Gasteiger charge is -2.26. The molecule has 1 aliphatic rings. The number of piperidine rings is 1. The van der Waals surface area contributed by atoms with E-state index >= 15 is 0 Å². The highest BCUT2D eigenvalue weighted by atomic mass is 15.1. The summed E-state index contributed by atoms with van der Waals surface area (Å²) in [5.41, 5.74) is 1.09. The Morgan fingerprint density at radius 3 is 2.61 bits per heavy atom. The van der Waals surface area contributed by atoms with Gasteiger partial charge in [-0.15, -0.1) is 0 Å². The second-order valence-electron chi connectivity index (χ2n) is 4.75. The van der Waals surface area contributed by atoms with Crippen molar-refractivity contribution >= 4 is 0 Å². The molecule has 2 nitrogen and oxygen atoms in total. The second-order valence-corrected chi connectivity index (χ2v) is 4.75. The Labute approximate surface area is 110 Å². The number of nitrogens with zero attached hydrogens (tertiary/aromatic N) is 1. The Bertz CT molecular complexity index is 383. The topological polar surface area (TPSA) is 15.3 Å². The molecule has 0 spiro atoms. The standard InChI is InChI=1S/C16H22N2/c1-3-8-16(9-4-1)10-7-11-17-12-15-18-13-5-2-6-14-18/h1,3-4,8-9,17H,2,5-6,11-15H2. The van der Waals surface area contributed by atoms with Crippen molar-refractivity contribution in [3.05, 3.63) is 35.9 Å². The zero-order chi connectivity index (χ0) is 12.5. The van der Waals surface area contributed by atoms with Crippen LogP contribution in [0.4, 0.5) is 0 Å². The minimum absolute atomic E-state index is 0.780. The number of rotatable bonds is 4. The minimum Gasteiger partial charge on any atom is -0.305 e. The monoisotopic (exact) mass is 242 g/mol. The molecule has 2 heteroatoms. The summed E-state index contributed by atoms with van der Waals surface area (Å²) in [6, 6.07) is 10.1. The van der Waals surface area contributed by atoms with Gasteiger partial charge in [0.2, 0.25) is 0 Å². The molecule has 0 saturated carbocycles. The molecule has 0 amide bonds. The maximum atomic E-state index is 3.39. The predicted molar refractivity (Wildman–Crippen MR) is 76.5 cm³/mol. The normalized spacial score (nSPS) is 16.0. The van der Waals surface area contributed by atoms with Gasteiger partial charge in [0.1, 0.15) is 0 Å².